The van der Waals surface area contributed by atoms with Gasteiger partial charge in [-0.15, -0.1) is 0 Å². The van der Waals surface area contributed by atoms with E-state index in [1.165, 1.54) is 13.3 Å². The van der Waals surface area contributed by atoms with E-state index in [-0.39, 0.29) is 0 Å². The minimum atomic E-state index is -0.840. The summed E-state index contributed by atoms with van der Waals surface area (Å²) >= 11 is 0. The van der Waals surface area contributed by atoms with Crippen LogP contribution in [-0.4, -0.2) is 26.4 Å². The third kappa shape index (κ3) is 2.38. The fraction of sp³-hybridized carbons (Fsp3) is 0.111. The number of hydrogen-bond acceptors (Lipinski definition) is 5. The van der Waals surface area contributed by atoms with E-state index in [1.807, 2.05) is 54.6 Å². The molecule has 0 radical (unpaired) electrons. The lowest BCUT2D eigenvalue weighted by atomic mass is 10.0. The van der Waals surface area contributed by atoms with E-state index in [9.17, 15) is 4.79 Å². The number of carbonyl (C=O) groups is 1. The molecule has 2 heterocycles. The second-order valence-electron chi connectivity index (χ2n) is 5.35. The first-order valence-electron chi connectivity index (χ1n) is 7.54. The molecule has 118 valence electrons. The average molecular weight is 318 g/mol. The van der Waals surface area contributed by atoms with Crippen LogP contribution in [0.4, 0.5) is 0 Å². The van der Waals surface area contributed by atoms with Gasteiger partial charge in [0.05, 0.1) is 11.4 Å². The molecule has 0 saturated heterocycles. The highest BCUT2D eigenvalue weighted by Crippen LogP contribution is 2.29. The molecular formula is C18H14N4O2. The first kappa shape index (κ1) is 14.3. The standard InChI is InChI=1S/C18H14N4O2/c1-12(23)24-18-17-19-11-20-22(17)15-10-6-5-9-14(15)16(21-18)13-7-3-2-4-8-13/h2-11,18H,1H3. The van der Waals surface area contributed by atoms with Crippen LogP contribution in [0.3, 0.4) is 0 Å². The summed E-state index contributed by atoms with van der Waals surface area (Å²) in [5.41, 5.74) is 3.44. The van der Waals surface area contributed by atoms with Crippen molar-refractivity contribution < 1.29 is 9.53 Å². The molecule has 3 aromatic rings. The lowest BCUT2D eigenvalue weighted by Crippen LogP contribution is -2.12. The Kier molecular flexibility index (Phi) is 3.42. The number of fused-ring (bicyclic) bond motifs is 3. The smallest absolute Gasteiger partial charge is 0.304 e. The number of benzene rings is 2. The van der Waals surface area contributed by atoms with Crippen LogP contribution in [0, 0.1) is 0 Å². The number of nitrogens with zero attached hydrogens (tertiary/aromatic N) is 4. The summed E-state index contributed by atoms with van der Waals surface area (Å²) in [7, 11) is 0. The van der Waals surface area contributed by atoms with Crippen molar-refractivity contribution in [3.05, 3.63) is 77.9 Å². The summed E-state index contributed by atoms with van der Waals surface area (Å²) in [4.78, 5) is 20.5. The Bertz CT molecular complexity index is 931. The zero-order valence-corrected chi connectivity index (χ0v) is 13.0. The van der Waals surface area contributed by atoms with Crippen LogP contribution in [0.15, 0.2) is 65.9 Å². The molecule has 2 aromatic carbocycles. The average Bonchev–Trinajstić information content (AvgIpc) is 3.04. The monoisotopic (exact) mass is 318 g/mol. The summed E-state index contributed by atoms with van der Waals surface area (Å²) in [6.45, 7) is 1.36. The van der Waals surface area contributed by atoms with Gasteiger partial charge in [0.15, 0.2) is 5.82 Å². The van der Waals surface area contributed by atoms with Crippen LogP contribution < -0.4 is 0 Å². The number of carbonyl (C=O) groups excluding carboxylic acids is 1. The highest BCUT2D eigenvalue weighted by Gasteiger charge is 2.28. The lowest BCUT2D eigenvalue weighted by Gasteiger charge is -2.11. The molecular weight excluding hydrogens is 304 g/mol. The normalized spacial score (nSPS) is 15.7. The second kappa shape index (κ2) is 5.73. The molecule has 1 unspecified atom stereocenters. The van der Waals surface area contributed by atoms with Gasteiger partial charge in [0.25, 0.3) is 6.23 Å². The van der Waals surface area contributed by atoms with Crippen LogP contribution >= 0.6 is 0 Å². The zero-order chi connectivity index (χ0) is 16.5. The highest BCUT2D eigenvalue weighted by molar-refractivity contribution is 6.15. The van der Waals surface area contributed by atoms with Crippen LogP contribution in [0.1, 0.15) is 30.1 Å². The Morgan fingerprint density at radius 2 is 1.83 bits per heavy atom. The van der Waals surface area contributed by atoms with Crippen molar-refractivity contribution in [2.75, 3.05) is 0 Å². The molecule has 4 rings (SSSR count). The number of aliphatic imine (C=N–C) groups is 1. The molecule has 0 bridgehead atoms. The van der Waals surface area contributed by atoms with Crippen LogP contribution in [0.25, 0.3) is 5.69 Å². The first-order chi connectivity index (χ1) is 11.7. The molecule has 0 saturated carbocycles. The predicted octanol–water partition coefficient (Wildman–Crippen LogP) is 2.68. The maximum atomic E-state index is 11.5. The van der Waals surface area contributed by atoms with E-state index in [0.29, 0.717) is 5.82 Å². The van der Waals surface area contributed by atoms with Gasteiger partial charge in [-0.2, -0.15) is 5.10 Å². The van der Waals surface area contributed by atoms with Gasteiger partial charge in [-0.25, -0.2) is 14.7 Å². The van der Waals surface area contributed by atoms with Crippen molar-refractivity contribution in [3.63, 3.8) is 0 Å². The van der Waals surface area contributed by atoms with Crippen LogP contribution in [0.5, 0.6) is 0 Å². The number of rotatable bonds is 2. The number of esters is 1. The van der Waals surface area contributed by atoms with Gasteiger partial charge in [0, 0.05) is 18.1 Å². The summed E-state index contributed by atoms with van der Waals surface area (Å²) < 4.78 is 7.06. The van der Waals surface area contributed by atoms with Gasteiger partial charge in [-0.1, -0.05) is 48.5 Å². The summed E-state index contributed by atoms with van der Waals surface area (Å²) in [6, 6.07) is 17.6. The van der Waals surface area contributed by atoms with Gasteiger partial charge < -0.3 is 4.74 Å². The number of aromatic nitrogens is 3. The number of para-hydroxylation sites is 1. The van der Waals surface area contributed by atoms with E-state index in [1.54, 1.807) is 4.68 Å². The van der Waals surface area contributed by atoms with Crippen molar-refractivity contribution in [1.82, 2.24) is 14.8 Å². The Morgan fingerprint density at radius 1 is 1.08 bits per heavy atom. The summed E-state index contributed by atoms with van der Waals surface area (Å²) in [5, 5.41) is 4.28. The molecule has 0 amide bonds. The number of ether oxygens (including phenoxy) is 1. The van der Waals surface area contributed by atoms with Crippen molar-refractivity contribution >= 4 is 11.7 Å². The SMILES string of the molecule is CC(=O)OC1N=C(c2ccccc2)c2ccccc2-n2ncnc21. The maximum absolute atomic E-state index is 11.5. The fourth-order valence-electron chi connectivity index (χ4n) is 2.77. The van der Waals surface area contributed by atoms with Crippen LogP contribution in [-0.2, 0) is 9.53 Å². The van der Waals surface area contributed by atoms with E-state index < -0.39 is 12.2 Å². The topological polar surface area (TPSA) is 69.4 Å². The van der Waals surface area contributed by atoms with Crippen molar-refractivity contribution in [2.24, 2.45) is 4.99 Å². The highest BCUT2D eigenvalue weighted by atomic mass is 16.6. The predicted molar refractivity (Wildman–Crippen MR) is 87.9 cm³/mol. The lowest BCUT2D eigenvalue weighted by molar-refractivity contribution is -0.146. The number of hydrogen-bond donors (Lipinski definition) is 0. The summed E-state index contributed by atoms with van der Waals surface area (Å²) in [5.74, 6) is 0.0558. The molecule has 1 aliphatic heterocycles. The molecule has 6 nitrogen and oxygen atoms in total. The second-order valence-corrected chi connectivity index (χ2v) is 5.35. The first-order valence-corrected chi connectivity index (χ1v) is 7.54. The fourth-order valence-corrected chi connectivity index (χ4v) is 2.77. The van der Waals surface area contributed by atoms with Gasteiger partial charge in [-0.05, 0) is 6.07 Å². The molecule has 0 N–H and O–H groups in total. The molecule has 0 fully saturated rings. The van der Waals surface area contributed by atoms with E-state index in [4.69, 9.17) is 9.73 Å². The van der Waals surface area contributed by atoms with Gasteiger partial charge >= 0.3 is 5.97 Å². The Balaban J connectivity index is 1.98. The summed E-state index contributed by atoms with van der Waals surface area (Å²) in [6.07, 6.45) is 0.596. The molecule has 1 aliphatic rings. The Hall–Kier alpha value is -3.28. The van der Waals surface area contributed by atoms with Crippen molar-refractivity contribution in [1.29, 1.82) is 0 Å². The molecule has 6 heteroatoms. The zero-order valence-electron chi connectivity index (χ0n) is 13.0. The minimum Gasteiger partial charge on any atom is -0.432 e. The largest absolute Gasteiger partial charge is 0.432 e. The minimum absolute atomic E-state index is 0.420. The Labute approximate surface area is 138 Å². The quantitative estimate of drug-likeness (QED) is 0.681. The van der Waals surface area contributed by atoms with E-state index in [2.05, 4.69) is 10.1 Å². The van der Waals surface area contributed by atoms with E-state index >= 15 is 0 Å². The van der Waals surface area contributed by atoms with E-state index in [0.717, 1.165) is 22.5 Å². The maximum Gasteiger partial charge on any atom is 0.304 e. The van der Waals surface area contributed by atoms with Crippen LogP contribution in [0.2, 0.25) is 0 Å². The van der Waals surface area contributed by atoms with Crippen molar-refractivity contribution in [3.8, 4) is 5.69 Å². The van der Waals surface area contributed by atoms with Gasteiger partial charge in [0.2, 0.25) is 0 Å². The Morgan fingerprint density at radius 3 is 2.62 bits per heavy atom. The molecule has 0 spiro atoms. The molecule has 24 heavy (non-hydrogen) atoms. The van der Waals surface area contributed by atoms with Gasteiger partial charge in [-0.3, -0.25) is 4.79 Å². The molecule has 1 aromatic heterocycles. The third-order valence-corrected chi connectivity index (χ3v) is 3.75. The third-order valence-electron chi connectivity index (χ3n) is 3.75. The van der Waals surface area contributed by atoms with Gasteiger partial charge in [0.1, 0.15) is 6.33 Å². The molecule has 1 atom stereocenters. The molecule has 0 aliphatic carbocycles. The van der Waals surface area contributed by atoms with Crippen molar-refractivity contribution in [2.45, 2.75) is 13.2 Å².